The molecule has 1 saturated heterocycles. The molecule has 3 heteroatoms. The third-order valence-electron chi connectivity index (χ3n) is 4.43. The summed E-state index contributed by atoms with van der Waals surface area (Å²) in [7, 11) is 0. The second kappa shape index (κ2) is 8.18. The molecule has 0 bridgehead atoms. The Labute approximate surface area is 128 Å². The highest BCUT2D eigenvalue weighted by Gasteiger charge is 2.30. The Bertz CT molecular complexity index is 420. The summed E-state index contributed by atoms with van der Waals surface area (Å²) in [5.41, 5.74) is 1.14. The van der Waals surface area contributed by atoms with Gasteiger partial charge in [0.1, 0.15) is 6.04 Å². The van der Waals surface area contributed by atoms with Crippen molar-refractivity contribution >= 4 is 5.91 Å². The van der Waals surface area contributed by atoms with Gasteiger partial charge in [0.05, 0.1) is 0 Å². The molecule has 3 nitrogen and oxygen atoms in total. The van der Waals surface area contributed by atoms with Crippen molar-refractivity contribution in [2.45, 2.75) is 45.6 Å². The minimum atomic E-state index is -0.107. The van der Waals surface area contributed by atoms with Crippen molar-refractivity contribution in [1.82, 2.24) is 9.80 Å². The summed E-state index contributed by atoms with van der Waals surface area (Å²) in [5.74, 6) is 0.258. The number of likely N-dealkylation sites (tertiary alicyclic amines) is 1. The van der Waals surface area contributed by atoms with Crippen LogP contribution < -0.4 is 0 Å². The summed E-state index contributed by atoms with van der Waals surface area (Å²) in [4.78, 5) is 17.4. The molecule has 0 saturated carbocycles. The van der Waals surface area contributed by atoms with Gasteiger partial charge in [0.2, 0.25) is 5.91 Å². The Morgan fingerprint density at radius 2 is 1.62 bits per heavy atom. The minimum absolute atomic E-state index is 0.107. The Morgan fingerprint density at radius 3 is 2.14 bits per heavy atom. The first-order valence-corrected chi connectivity index (χ1v) is 8.35. The standard InChI is InChI=1S/C18H28N2O/c1-3-19(4-2)18(21)17(16-12-8-7-9-13-16)20-14-10-5-6-11-15-20/h7-9,12-13,17H,3-6,10-11,14-15H2,1-2H3. The van der Waals surface area contributed by atoms with Crippen LogP contribution in [0.5, 0.6) is 0 Å². The van der Waals surface area contributed by atoms with Crippen LogP contribution in [0.15, 0.2) is 30.3 Å². The molecule has 1 aliphatic heterocycles. The summed E-state index contributed by atoms with van der Waals surface area (Å²) in [6, 6.07) is 10.2. The number of carbonyl (C=O) groups is 1. The molecule has 1 aliphatic rings. The van der Waals surface area contributed by atoms with Crippen molar-refractivity contribution in [1.29, 1.82) is 0 Å². The zero-order valence-electron chi connectivity index (χ0n) is 13.4. The molecule has 0 N–H and O–H groups in total. The maximum atomic E-state index is 13.0. The second-order valence-electron chi connectivity index (χ2n) is 5.77. The van der Waals surface area contributed by atoms with Gasteiger partial charge in [-0.25, -0.2) is 0 Å². The molecule has 116 valence electrons. The van der Waals surface area contributed by atoms with Gasteiger partial charge >= 0.3 is 0 Å². The van der Waals surface area contributed by atoms with E-state index < -0.39 is 0 Å². The zero-order valence-corrected chi connectivity index (χ0v) is 13.4. The third-order valence-corrected chi connectivity index (χ3v) is 4.43. The van der Waals surface area contributed by atoms with Crippen molar-refractivity contribution < 1.29 is 4.79 Å². The van der Waals surface area contributed by atoms with Crippen LogP contribution in [0, 0.1) is 0 Å². The number of benzene rings is 1. The van der Waals surface area contributed by atoms with E-state index in [0.29, 0.717) is 0 Å². The molecule has 1 amide bonds. The first-order chi connectivity index (χ1) is 10.3. The van der Waals surface area contributed by atoms with Crippen LogP contribution in [0.2, 0.25) is 0 Å². The van der Waals surface area contributed by atoms with Gasteiger partial charge in [-0.1, -0.05) is 43.2 Å². The van der Waals surface area contributed by atoms with E-state index in [1.165, 1.54) is 25.7 Å². The van der Waals surface area contributed by atoms with E-state index in [-0.39, 0.29) is 11.9 Å². The van der Waals surface area contributed by atoms with Crippen LogP contribution in [0.25, 0.3) is 0 Å². The van der Waals surface area contributed by atoms with Crippen molar-refractivity contribution in [3.05, 3.63) is 35.9 Å². The highest BCUT2D eigenvalue weighted by atomic mass is 16.2. The average Bonchev–Trinajstić information content (AvgIpc) is 2.79. The fourth-order valence-corrected chi connectivity index (χ4v) is 3.21. The number of hydrogen-bond donors (Lipinski definition) is 0. The first-order valence-electron chi connectivity index (χ1n) is 8.35. The number of amides is 1. The van der Waals surface area contributed by atoms with E-state index in [4.69, 9.17) is 0 Å². The molecule has 1 aromatic carbocycles. The molecule has 1 aromatic rings. The molecular weight excluding hydrogens is 260 g/mol. The lowest BCUT2D eigenvalue weighted by atomic mass is 10.0. The normalized spacial score (nSPS) is 18.0. The SMILES string of the molecule is CCN(CC)C(=O)C(c1ccccc1)N1CCCCCC1. The molecule has 2 rings (SSSR count). The van der Waals surface area contributed by atoms with E-state index in [0.717, 1.165) is 31.7 Å². The lowest BCUT2D eigenvalue weighted by Gasteiger charge is -2.33. The fourth-order valence-electron chi connectivity index (χ4n) is 3.21. The average molecular weight is 288 g/mol. The highest BCUT2D eigenvalue weighted by molar-refractivity contribution is 5.83. The fraction of sp³-hybridized carbons (Fsp3) is 0.611. The molecule has 1 atom stereocenters. The van der Waals surface area contributed by atoms with E-state index in [9.17, 15) is 4.79 Å². The topological polar surface area (TPSA) is 23.6 Å². The lowest BCUT2D eigenvalue weighted by molar-refractivity contribution is -0.137. The molecule has 0 aromatic heterocycles. The van der Waals surface area contributed by atoms with E-state index >= 15 is 0 Å². The quantitative estimate of drug-likeness (QED) is 0.828. The Hall–Kier alpha value is -1.35. The number of rotatable bonds is 5. The van der Waals surface area contributed by atoms with Crippen LogP contribution in [0.3, 0.4) is 0 Å². The van der Waals surface area contributed by atoms with Gasteiger partial charge in [0.15, 0.2) is 0 Å². The van der Waals surface area contributed by atoms with Crippen LogP contribution in [-0.4, -0.2) is 41.9 Å². The maximum absolute atomic E-state index is 13.0. The van der Waals surface area contributed by atoms with Crippen LogP contribution in [-0.2, 0) is 4.79 Å². The van der Waals surface area contributed by atoms with Crippen molar-refractivity contribution in [3.63, 3.8) is 0 Å². The van der Waals surface area contributed by atoms with Gasteiger partial charge in [-0.05, 0) is 45.3 Å². The predicted octanol–water partition coefficient (Wildman–Crippen LogP) is 3.47. The Kier molecular flexibility index (Phi) is 6.24. The Balaban J connectivity index is 2.27. The van der Waals surface area contributed by atoms with Gasteiger partial charge in [0, 0.05) is 13.1 Å². The van der Waals surface area contributed by atoms with Gasteiger partial charge in [-0.15, -0.1) is 0 Å². The van der Waals surface area contributed by atoms with Crippen LogP contribution >= 0.6 is 0 Å². The van der Waals surface area contributed by atoms with Gasteiger partial charge in [-0.3, -0.25) is 9.69 Å². The first kappa shape index (κ1) is 16.0. The second-order valence-corrected chi connectivity index (χ2v) is 5.77. The van der Waals surface area contributed by atoms with Crippen molar-refractivity contribution in [2.24, 2.45) is 0 Å². The molecule has 21 heavy (non-hydrogen) atoms. The number of nitrogens with zero attached hydrogens (tertiary/aromatic N) is 2. The summed E-state index contributed by atoms with van der Waals surface area (Å²) < 4.78 is 0. The van der Waals surface area contributed by atoms with Crippen LogP contribution in [0.4, 0.5) is 0 Å². The van der Waals surface area contributed by atoms with Crippen molar-refractivity contribution in [2.75, 3.05) is 26.2 Å². The molecule has 0 radical (unpaired) electrons. The molecular formula is C18H28N2O. The van der Waals surface area contributed by atoms with Gasteiger partial charge in [0.25, 0.3) is 0 Å². The summed E-state index contributed by atoms with van der Waals surface area (Å²) in [5, 5.41) is 0. The predicted molar refractivity (Wildman–Crippen MR) is 87.2 cm³/mol. The number of carbonyl (C=O) groups excluding carboxylic acids is 1. The van der Waals surface area contributed by atoms with Gasteiger partial charge < -0.3 is 4.90 Å². The highest BCUT2D eigenvalue weighted by Crippen LogP contribution is 2.26. The molecule has 1 fully saturated rings. The Morgan fingerprint density at radius 1 is 1.05 bits per heavy atom. The van der Waals surface area contributed by atoms with Gasteiger partial charge in [-0.2, -0.15) is 0 Å². The molecule has 0 aliphatic carbocycles. The summed E-state index contributed by atoms with van der Waals surface area (Å²) in [6.07, 6.45) is 4.98. The monoisotopic (exact) mass is 288 g/mol. The zero-order chi connectivity index (χ0) is 15.1. The maximum Gasteiger partial charge on any atom is 0.244 e. The molecule has 1 heterocycles. The number of hydrogen-bond acceptors (Lipinski definition) is 2. The number of likely N-dealkylation sites (N-methyl/N-ethyl adjacent to an activating group) is 1. The van der Waals surface area contributed by atoms with E-state index in [1.54, 1.807) is 0 Å². The molecule has 1 unspecified atom stereocenters. The lowest BCUT2D eigenvalue weighted by Crippen LogP contribution is -2.43. The van der Waals surface area contributed by atoms with E-state index in [2.05, 4.69) is 30.9 Å². The summed E-state index contributed by atoms with van der Waals surface area (Å²) in [6.45, 7) is 7.76. The van der Waals surface area contributed by atoms with Crippen molar-refractivity contribution in [3.8, 4) is 0 Å². The summed E-state index contributed by atoms with van der Waals surface area (Å²) >= 11 is 0. The smallest absolute Gasteiger partial charge is 0.244 e. The largest absolute Gasteiger partial charge is 0.342 e. The third kappa shape index (κ3) is 4.07. The minimum Gasteiger partial charge on any atom is -0.342 e. The molecule has 0 spiro atoms. The van der Waals surface area contributed by atoms with E-state index in [1.807, 2.05) is 23.1 Å². The van der Waals surface area contributed by atoms with Crippen LogP contribution in [0.1, 0.15) is 51.1 Å².